The largest absolute Gasteiger partial charge is 0.388 e. The number of amides is 1. The molecule has 1 fully saturated rings. The first kappa shape index (κ1) is 15.9. The summed E-state index contributed by atoms with van der Waals surface area (Å²) in [7, 11) is 3.39. The van der Waals surface area contributed by atoms with E-state index in [4.69, 9.17) is 4.74 Å². The number of carbonyl (C=O) groups excluding carboxylic acids is 1. The molecule has 1 aliphatic carbocycles. The van der Waals surface area contributed by atoms with Crippen LogP contribution in [0.4, 0.5) is 0 Å². The number of methoxy groups -OCH3 is 1. The Morgan fingerprint density at radius 3 is 3.00 bits per heavy atom. The van der Waals surface area contributed by atoms with E-state index >= 15 is 0 Å². The molecule has 1 N–H and O–H groups in total. The summed E-state index contributed by atoms with van der Waals surface area (Å²) in [5, 5.41) is 10.3. The van der Waals surface area contributed by atoms with E-state index in [1.54, 1.807) is 31.5 Å². The smallest absolute Gasteiger partial charge is 0.222 e. The average Bonchev–Trinajstić information content (AvgIpc) is 2.53. The molecule has 0 radical (unpaired) electrons. The molecular weight excluding hydrogens is 268 g/mol. The van der Waals surface area contributed by atoms with Gasteiger partial charge >= 0.3 is 0 Å². The molecule has 1 heterocycles. The van der Waals surface area contributed by atoms with E-state index in [2.05, 4.69) is 4.98 Å². The minimum Gasteiger partial charge on any atom is -0.388 e. The first-order valence-corrected chi connectivity index (χ1v) is 7.49. The SMILES string of the molecule is CO[C@@H]1CCC[C@@H](N(C)C(=O)CCc2cccnc2)[C@H]1O. The number of aliphatic hydroxyl groups excluding tert-OH is 1. The van der Waals surface area contributed by atoms with Crippen LogP contribution in [-0.4, -0.2) is 53.3 Å². The second-order valence-electron chi connectivity index (χ2n) is 5.63. The molecule has 5 nitrogen and oxygen atoms in total. The molecule has 0 unspecified atom stereocenters. The molecule has 0 spiro atoms. The minimum absolute atomic E-state index is 0.0552. The number of hydrogen-bond acceptors (Lipinski definition) is 4. The van der Waals surface area contributed by atoms with Crippen LogP contribution in [0.5, 0.6) is 0 Å². The lowest BCUT2D eigenvalue weighted by Crippen LogP contribution is -2.52. The lowest BCUT2D eigenvalue weighted by atomic mass is 9.89. The van der Waals surface area contributed by atoms with Gasteiger partial charge in [0.1, 0.15) is 6.10 Å². The van der Waals surface area contributed by atoms with Crippen LogP contribution in [-0.2, 0) is 16.0 Å². The summed E-state index contributed by atoms with van der Waals surface area (Å²) >= 11 is 0. The third-order valence-corrected chi connectivity index (χ3v) is 4.31. The molecule has 0 aliphatic heterocycles. The summed E-state index contributed by atoms with van der Waals surface area (Å²) in [6, 6.07) is 3.69. The van der Waals surface area contributed by atoms with Crippen molar-refractivity contribution in [3.05, 3.63) is 30.1 Å². The zero-order valence-electron chi connectivity index (χ0n) is 12.7. The fourth-order valence-electron chi connectivity index (χ4n) is 2.96. The van der Waals surface area contributed by atoms with E-state index in [0.717, 1.165) is 24.8 Å². The minimum atomic E-state index is -0.601. The Hall–Kier alpha value is -1.46. The van der Waals surface area contributed by atoms with E-state index < -0.39 is 6.10 Å². The van der Waals surface area contributed by atoms with Gasteiger partial charge in [-0.15, -0.1) is 0 Å². The first-order chi connectivity index (χ1) is 10.1. The Morgan fingerprint density at radius 2 is 2.33 bits per heavy atom. The van der Waals surface area contributed by atoms with Crippen molar-refractivity contribution < 1.29 is 14.6 Å². The molecule has 0 bridgehead atoms. The number of aryl methyl sites for hydroxylation is 1. The number of ether oxygens (including phenoxy) is 1. The van der Waals surface area contributed by atoms with Gasteiger partial charge < -0.3 is 14.7 Å². The van der Waals surface area contributed by atoms with Gasteiger partial charge in [-0.25, -0.2) is 0 Å². The molecule has 1 aromatic rings. The Balaban J connectivity index is 1.89. The highest BCUT2D eigenvalue weighted by Gasteiger charge is 2.35. The lowest BCUT2D eigenvalue weighted by Gasteiger charge is -2.39. The number of hydrogen-bond donors (Lipinski definition) is 1. The zero-order chi connectivity index (χ0) is 15.2. The summed E-state index contributed by atoms with van der Waals surface area (Å²) in [6.45, 7) is 0. The monoisotopic (exact) mass is 292 g/mol. The molecule has 21 heavy (non-hydrogen) atoms. The van der Waals surface area contributed by atoms with Crippen molar-refractivity contribution >= 4 is 5.91 Å². The fraction of sp³-hybridized carbons (Fsp3) is 0.625. The summed E-state index contributed by atoms with van der Waals surface area (Å²) < 4.78 is 5.30. The normalized spacial score (nSPS) is 25.6. The van der Waals surface area contributed by atoms with Gasteiger partial charge in [-0.3, -0.25) is 9.78 Å². The third kappa shape index (κ3) is 4.02. The van der Waals surface area contributed by atoms with E-state index in [0.29, 0.717) is 12.8 Å². The van der Waals surface area contributed by atoms with Crippen LogP contribution in [0.2, 0.25) is 0 Å². The van der Waals surface area contributed by atoms with Crippen molar-refractivity contribution in [1.82, 2.24) is 9.88 Å². The molecular formula is C16H24N2O3. The van der Waals surface area contributed by atoms with Gasteiger partial charge in [-0.2, -0.15) is 0 Å². The second-order valence-corrected chi connectivity index (χ2v) is 5.63. The average molecular weight is 292 g/mol. The zero-order valence-corrected chi connectivity index (χ0v) is 12.7. The van der Waals surface area contributed by atoms with Crippen molar-refractivity contribution in [2.24, 2.45) is 0 Å². The molecule has 2 rings (SSSR count). The van der Waals surface area contributed by atoms with E-state index in [1.165, 1.54) is 0 Å². The van der Waals surface area contributed by atoms with Crippen LogP contribution in [0.1, 0.15) is 31.2 Å². The molecule has 5 heteroatoms. The topological polar surface area (TPSA) is 62.7 Å². The molecule has 3 atom stereocenters. The van der Waals surface area contributed by atoms with Crippen LogP contribution in [0.3, 0.4) is 0 Å². The molecule has 1 aliphatic rings. The number of nitrogens with zero attached hydrogens (tertiary/aromatic N) is 2. The highest BCUT2D eigenvalue weighted by molar-refractivity contribution is 5.76. The van der Waals surface area contributed by atoms with Crippen LogP contribution in [0.25, 0.3) is 0 Å². The highest BCUT2D eigenvalue weighted by Crippen LogP contribution is 2.25. The Morgan fingerprint density at radius 1 is 1.52 bits per heavy atom. The third-order valence-electron chi connectivity index (χ3n) is 4.31. The maximum atomic E-state index is 12.3. The maximum Gasteiger partial charge on any atom is 0.222 e. The number of aromatic nitrogens is 1. The van der Waals surface area contributed by atoms with Crippen molar-refractivity contribution in [3.8, 4) is 0 Å². The molecule has 0 saturated heterocycles. The number of rotatable bonds is 5. The summed E-state index contributed by atoms with van der Waals surface area (Å²) in [6.07, 6.45) is 6.50. The number of likely N-dealkylation sites (N-methyl/N-ethyl adjacent to an activating group) is 1. The quantitative estimate of drug-likeness (QED) is 0.891. The van der Waals surface area contributed by atoms with Crippen LogP contribution >= 0.6 is 0 Å². The van der Waals surface area contributed by atoms with Gasteiger partial charge in [0.25, 0.3) is 0 Å². The number of aliphatic hydroxyl groups is 1. The second kappa shape index (κ2) is 7.52. The van der Waals surface area contributed by atoms with Gasteiger partial charge in [0.15, 0.2) is 0 Å². The Bertz CT molecular complexity index is 452. The van der Waals surface area contributed by atoms with Crippen molar-refractivity contribution in [2.75, 3.05) is 14.2 Å². The van der Waals surface area contributed by atoms with Gasteiger partial charge in [0, 0.05) is 33.0 Å². The standard InChI is InChI=1S/C16H24N2O3/c1-18(13-6-3-7-14(21-2)16(13)20)15(19)9-8-12-5-4-10-17-11-12/h4-5,10-11,13-14,16,20H,3,6-9H2,1-2H3/t13-,14-,16-/m1/s1. The van der Waals surface area contributed by atoms with Crippen LogP contribution < -0.4 is 0 Å². The molecule has 0 aromatic carbocycles. The van der Waals surface area contributed by atoms with Gasteiger partial charge in [0.05, 0.1) is 12.1 Å². The Kier molecular flexibility index (Phi) is 5.70. The Labute approximate surface area is 125 Å². The van der Waals surface area contributed by atoms with Crippen LogP contribution in [0.15, 0.2) is 24.5 Å². The first-order valence-electron chi connectivity index (χ1n) is 7.49. The molecule has 1 saturated carbocycles. The molecule has 1 amide bonds. The van der Waals surface area contributed by atoms with Crippen molar-refractivity contribution in [3.63, 3.8) is 0 Å². The predicted octanol–water partition coefficient (Wildman–Crippen LogP) is 1.40. The van der Waals surface area contributed by atoms with E-state index in [1.807, 2.05) is 12.1 Å². The highest BCUT2D eigenvalue weighted by atomic mass is 16.5. The summed E-state index contributed by atoms with van der Waals surface area (Å²) in [5.74, 6) is 0.0552. The molecule has 116 valence electrons. The predicted molar refractivity (Wildman–Crippen MR) is 79.8 cm³/mol. The lowest BCUT2D eigenvalue weighted by molar-refractivity contribution is -0.140. The van der Waals surface area contributed by atoms with Crippen molar-refractivity contribution in [2.45, 2.75) is 50.4 Å². The van der Waals surface area contributed by atoms with Crippen LogP contribution in [0, 0.1) is 0 Å². The van der Waals surface area contributed by atoms with Crippen molar-refractivity contribution in [1.29, 1.82) is 0 Å². The van der Waals surface area contributed by atoms with Gasteiger partial charge in [-0.1, -0.05) is 6.07 Å². The summed E-state index contributed by atoms with van der Waals surface area (Å²) in [4.78, 5) is 18.0. The van der Waals surface area contributed by atoms with E-state index in [-0.39, 0.29) is 18.1 Å². The maximum absolute atomic E-state index is 12.3. The number of pyridine rings is 1. The molecule has 1 aromatic heterocycles. The number of carbonyl (C=O) groups is 1. The van der Waals surface area contributed by atoms with E-state index in [9.17, 15) is 9.90 Å². The van der Waals surface area contributed by atoms with Gasteiger partial charge in [0.2, 0.25) is 5.91 Å². The van der Waals surface area contributed by atoms with Gasteiger partial charge in [-0.05, 0) is 37.3 Å². The summed E-state index contributed by atoms with van der Waals surface area (Å²) in [5.41, 5.74) is 1.05. The fourth-order valence-corrected chi connectivity index (χ4v) is 2.96.